The van der Waals surface area contributed by atoms with Crippen LogP contribution in [0.3, 0.4) is 0 Å². The lowest BCUT2D eigenvalue weighted by molar-refractivity contribution is 0.0455. The number of hydrogen-bond donors (Lipinski definition) is 2. The number of rotatable bonds is 0. The van der Waals surface area contributed by atoms with Gasteiger partial charge in [0, 0.05) is 29.1 Å². The number of allylic oxidation sites excluding steroid dienone is 1. The van der Waals surface area contributed by atoms with Crippen molar-refractivity contribution in [3.05, 3.63) is 70.3 Å². The molecule has 2 aromatic carbocycles. The van der Waals surface area contributed by atoms with Crippen molar-refractivity contribution >= 4 is 33.2 Å². The highest BCUT2D eigenvalue weighted by Crippen LogP contribution is 2.48. The number of ether oxygens (including phenoxy) is 1. The minimum atomic E-state index is -3.92. The van der Waals surface area contributed by atoms with Crippen LogP contribution in [0.25, 0.3) is 0 Å². The lowest BCUT2D eigenvalue weighted by Gasteiger charge is -2.45. The van der Waals surface area contributed by atoms with E-state index in [1.807, 2.05) is 31.2 Å². The van der Waals surface area contributed by atoms with Gasteiger partial charge in [-0.05, 0) is 110 Å². The number of sulfonamides is 1. The summed E-state index contributed by atoms with van der Waals surface area (Å²) in [4.78, 5) is 15.9. The molecule has 2 aromatic rings. The van der Waals surface area contributed by atoms with Crippen LogP contribution in [0.4, 0.5) is 5.69 Å². The molecule has 5 aliphatic rings. The van der Waals surface area contributed by atoms with Gasteiger partial charge in [-0.25, -0.2) is 13.1 Å². The zero-order chi connectivity index (χ0) is 30.0. The second-order valence-electron chi connectivity index (χ2n) is 13.9. The molecule has 2 N–H and O–H groups in total. The van der Waals surface area contributed by atoms with Crippen LogP contribution in [0.5, 0.6) is 5.75 Å². The molecular weight excluding hydrogens is 584 g/mol. The van der Waals surface area contributed by atoms with Crippen LogP contribution in [0.1, 0.15) is 79.8 Å². The third-order valence-corrected chi connectivity index (χ3v) is 13.4. The summed E-state index contributed by atoms with van der Waals surface area (Å²) in [6.45, 7) is 3.92. The van der Waals surface area contributed by atoms with E-state index in [2.05, 4.69) is 21.8 Å². The molecule has 230 valence electrons. The van der Waals surface area contributed by atoms with E-state index in [1.165, 1.54) is 11.1 Å². The van der Waals surface area contributed by atoms with Gasteiger partial charge in [-0.2, -0.15) is 0 Å². The molecule has 7 nitrogen and oxygen atoms in total. The fraction of sp³-hybridized carbons (Fsp3) is 0.559. The average Bonchev–Trinajstić information content (AvgIpc) is 3.27. The molecule has 2 bridgehead atoms. The number of fused-ring (bicyclic) bond motifs is 5. The number of anilines is 1. The van der Waals surface area contributed by atoms with Crippen LogP contribution in [0.2, 0.25) is 5.02 Å². The normalized spacial score (nSPS) is 35.8. The highest BCUT2D eigenvalue weighted by atomic mass is 35.5. The Balaban J connectivity index is 1.30. The molecule has 2 heterocycles. The molecular formula is C34H41ClN2O5S. The molecule has 9 heteroatoms. The van der Waals surface area contributed by atoms with Crippen molar-refractivity contribution in [2.24, 2.45) is 17.3 Å². The first-order chi connectivity index (χ1) is 20.6. The quantitative estimate of drug-likeness (QED) is 0.361. The van der Waals surface area contributed by atoms with Gasteiger partial charge in [0.15, 0.2) is 0 Å². The molecule has 2 saturated carbocycles. The number of aryl methyl sites for hydroxylation is 1. The number of aliphatic hydroxyl groups is 1. The van der Waals surface area contributed by atoms with Crippen LogP contribution in [0.15, 0.2) is 48.6 Å². The number of hydrogen-bond acceptors (Lipinski definition) is 6. The summed E-state index contributed by atoms with van der Waals surface area (Å²) in [6.07, 6.45) is 10.9. The van der Waals surface area contributed by atoms with Gasteiger partial charge in [0.25, 0.3) is 5.91 Å². The number of aliphatic hydroxyl groups excluding tert-OH is 1. The molecule has 6 atom stereocenters. The van der Waals surface area contributed by atoms with E-state index in [0.29, 0.717) is 37.3 Å². The Kier molecular flexibility index (Phi) is 7.34. The Labute approximate surface area is 259 Å². The molecule has 0 saturated heterocycles. The molecule has 2 fully saturated rings. The maximum Gasteiger partial charge on any atom is 0.264 e. The van der Waals surface area contributed by atoms with E-state index >= 15 is 0 Å². The Morgan fingerprint density at radius 1 is 1.09 bits per heavy atom. The fourth-order valence-electron chi connectivity index (χ4n) is 8.65. The first-order valence-electron chi connectivity index (χ1n) is 15.8. The molecule has 1 spiro atoms. The van der Waals surface area contributed by atoms with Crippen molar-refractivity contribution in [1.29, 1.82) is 0 Å². The van der Waals surface area contributed by atoms with Crippen LogP contribution in [0, 0.1) is 17.3 Å². The Hall–Kier alpha value is -2.55. The van der Waals surface area contributed by atoms with Crippen molar-refractivity contribution in [2.45, 2.75) is 81.5 Å². The standard InChI is InChI=1S/C34H41ClN2O5S/c1-33-14-3-6-29(38)26-11-8-24(26)19-37-20-34(16-2-5-22-17-25(35)10-12-27(22)34)21-42-30-13-9-23(18-28(30)37)32(39)36-43(40,41)31(33)7-4-15-33/h3,6,9-10,12-13,17-18,24,26,29,31,38H,2,4-5,7-8,11,14-16,19-21H2,1H3,(H,36,39)/b6-3-/t24-,26+,29-,31+,33-,34-/m0/s1. The van der Waals surface area contributed by atoms with Crippen LogP contribution in [-0.2, 0) is 21.9 Å². The molecule has 43 heavy (non-hydrogen) atoms. The minimum absolute atomic E-state index is 0.132. The van der Waals surface area contributed by atoms with Gasteiger partial charge in [-0.15, -0.1) is 0 Å². The number of halogens is 1. The van der Waals surface area contributed by atoms with Gasteiger partial charge in [0.1, 0.15) is 5.75 Å². The third-order valence-electron chi connectivity index (χ3n) is 11.2. The second-order valence-corrected chi connectivity index (χ2v) is 16.2. The highest BCUT2D eigenvalue weighted by Gasteiger charge is 2.47. The van der Waals surface area contributed by atoms with E-state index in [9.17, 15) is 18.3 Å². The Bertz CT molecular complexity index is 1580. The molecule has 0 unspecified atom stereocenters. The second kappa shape index (κ2) is 10.8. The van der Waals surface area contributed by atoms with Gasteiger partial charge in [0.05, 0.1) is 23.6 Å². The number of carbonyl (C=O) groups excluding carboxylic acids is 1. The predicted molar refractivity (Wildman–Crippen MR) is 168 cm³/mol. The van der Waals surface area contributed by atoms with Gasteiger partial charge in [-0.3, -0.25) is 4.79 Å². The maximum absolute atomic E-state index is 13.6. The van der Waals surface area contributed by atoms with Gasteiger partial charge in [0.2, 0.25) is 10.0 Å². The maximum atomic E-state index is 13.6. The molecule has 7 rings (SSSR count). The van der Waals surface area contributed by atoms with Crippen molar-refractivity contribution in [3.8, 4) is 5.75 Å². The third kappa shape index (κ3) is 5.17. The average molecular weight is 625 g/mol. The summed E-state index contributed by atoms with van der Waals surface area (Å²) < 4.78 is 36.2. The number of carbonyl (C=O) groups is 1. The van der Waals surface area contributed by atoms with Crippen molar-refractivity contribution < 1.29 is 23.1 Å². The van der Waals surface area contributed by atoms with Gasteiger partial charge < -0.3 is 14.7 Å². The van der Waals surface area contributed by atoms with E-state index in [-0.39, 0.29) is 17.3 Å². The molecule has 1 amide bonds. The highest BCUT2D eigenvalue weighted by molar-refractivity contribution is 7.90. The SMILES string of the molecule is C[C@@]12C/C=C\[C@H](O)[C@@H]3CC[C@H]3CN3C[C@@]4(CCCc5cc(Cl)ccc54)COc4ccc(cc43)C(=O)NS(=O)(=O)[C@@H]1CCC2. The summed E-state index contributed by atoms with van der Waals surface area (Å²) >= 11 is 6.40. The summed E-state index contributed by atoms with van der Waals surface area (Å²) in [5, 5.41) is 11.3. The largest absolute Gasteiger partial charge is 0.490 e. The van der Waals surface area contributed by atoms with E-state index in [1.54, 1.807) is 12.1 Å². The van der Waals surface area contributed by atoms with E-state index in [0.717, 1.165) is 62.2 Å². The number of nitrogens with one attached hydrogen (secondary N) is 1. The van der Waals surface area contributed by atoms with E-state index < -0.39 is 32.7 Å². The lowest BCUT2D eigenvalue weighted by atomic mass is 9.68. The minimum Gasteiger partial charge on any atom is -0.490 e. The number of benzene rings is 2. The molecule has 3 aliphatic carbocycles. The smallest absolute Gasteiger partial charge is 0.264 e. The van der Waals surface area contributed by atoms with Crippen molar-refractivity contribution in [3.63, 3.8) is 0 Å². The van der Waals surface area contributed by atoms with Crippen LogP contribution in [-0.4, -0.2) is 50.5 Å². The summed E-state index contributed by atoms with van der Waals surface area (Å²) in [5.74, 6) is 0.510. The van der Waals surface area contributed by atoms with Crippen molar-refractivity contribution in [2.75, 3.05) is 24.6 Å². The fourth-order valence-corrected chi connectivity index (χ4v) is 10.8. The summed E-state index contributed by atoms with van der Waals surface area (Å²) in [6, 6.07) is 11.5. The molecule has 0 aromatic heterocycles. The van der Waals surface area contributed by atoms with E-state index in [4.69, 9.17) is 16.3 Å². The molecule has 2 aliphatic heterocycles. The lowest BCUT2D eigenvalue weighted by Crippen LogP contribution is -2.49. The zero-order valence-corrected chi connectivity index (χ0v) is 26.3. The van der Waals surface area contributed by atoms with Crippen molar-refractivity contribution in [1.82, 2.24) is 4.72 Å². The first-order valence-corrected chi connectivity index (χ1v) is 17.7. The number of nitrogens with zero attached hydrogens (tertiary/aromatic N) is 1. The Morgan fingerprint density at radius 3 is 2.77 bits per heavy atom. The zero-order valence-electron chi connectivity index (χ0n) is 24.7. The first kappa shape index (κ1) is 29.2. The predicted octanol–water partition coefficient (Wildman–Crippen LogP) is 5.78. The monoisotopic (exact) mass is 624 g/mol. The van der Waals surface area contributed by atoms with Gasteiger partial charge >= 0.3 is 0 Å². The Morgan fingerprint density at radius 2 is 1.95 bits per heavy atom. The summed E-state index contributed by atoms with van der Waals surface area (Å²) in [5.41, 5.74) is 2.88. The van der Waals surface area contributed by atoms with Crippen LogP contribution < -0.4 is 14.4 Å². The van der Waals surface area contributed by atoms with Crippen LogP contribution >= 0.6 is 11.6 Å². The van der Waals surface area contributed by atoms with Gasteiger partial charge in [-0.1, -0.05) is 43.2 Å². The number of amides is 1. The summed E-state index contributed by atoms with van der Waals surface area (Å²) in [7, 11) is -3.92. The molecule has 0 radical (unpaired) electrons. The topological polar surface area (TPSA) is 95.9 Å².